The molecule has 1 saturated heterocycles. The minimum atomic E-state index is -4.37. The predicted octanol–water partition coefficient (Wildman–Crippen LogP) is 3.55. The van der Waals surface area contributed by atoms with Gasteiger partial charge in [-0.1, -0.05) is 6.07 Å². The molecule has 166 valence electrons. The average Bonchev–Trinajstić information content (AvgIpc) is 2.78. The van der Waals surface area contributed by atoms with Crippen LogP contribution >= 0.6 is 0 Å². The Kier molecular flexibility index (Phi) is 5.84. The molecule has 2 aliphatic rings. The number of halogens is 3. The summed E-state index contributed by atoms with van der Waals surface area (Å²) >= 11 is 0. The molecule has 1 N–H and O–H groups in total. The molecular weight excluding hydrogens is 411 g/mol. The molecular formula is C22H24F3N3O3. The van der Waals surface area contributed by atoms with Crippen LogP contribution in [0.5, 0.6) is 11.5 Å². The van der Waals surface area contributed by atoms with Crippen LogP contribution in [0.2, 0.25) is 0 Å². The van der Waals surface area contributed by atoms with Gasteiger partial charge in [-0.15, -0.1) is 0 Å². The molecule has 6 nitrogen and oxygen atoms in total. The number of hydrogen-bond donors (Lipinski definition) is 1. The molecule has 1 atom stereocenters. The van der Waals surface area contributed by atoms with Crippen molar-refractivity contribution in [3.8, 4) is 11.5 Å². The summed E-state index contributed by atoms with van der Waals surface area (Å²) in [6, 6.07) is 10.5. The first-order valence-corrected chi connectivity index (χ1v) is 10.1. The zero-order valence-electron chi connectivity index (χ0n) is 17.1. The molecule has 2 aromatic carbocycles. The van der Waals surface area contributed by atoms with E-state index in [-0.39, 0.29) is 12.1 Å². The second kappa shape index (κ2) is 8.56. The number of anilines is 1. The number of ether oxygens (including phenoxy) is 2. The Labute approximate surface area is 178 Å². The second-order valence-corrected chi connectivity index (χ2v) is 7.66. The summed E-state index contributed by atoms with van der Waals surface area (Å²) in [7, 11) is 1.60. The zero-order valence-corrected chi connectivity index (χ0v) is 17.1. The lowest BCUT2D eigenvalue weighted by atomic mass is 10.0. The summed E-state index contributed by atoms with van der Waals surface area (Å²) in [5.74, 6) is 1.53. The summed E-state index contributed by atoms with van der Waals surface area (Å²) < 4.78 is 49.9. The Morgan fingerprint density at radius 1 is 1.13 bits per heavy atom. The second-order valence-electron chi connectivity index (χ2n) is 7.66. The largest absolute Gasteiger partial charge is 0.497 e. The molecule has 0 aromatic heterocycles. The van der Waals surface area contributed by atoms with Crippen LogP contribution in [0, 0.1) is 0 Å². The zero-order chi connectivity index (χ0) is 22.0. The quantitative estimate of drug-likeness (QED) is 0.801. The van der Waals surface area contributed by atoms with E-state index in [9.17, 15) is 18.0 Å². The Balaban J connectivity index is 1.32. The van der Waals surface area contributed by atoms with Crippen molar-refractivity contribution in [3.05, 3.63) is 53.6 Å². The van der Waals surface area contributed by atoms with Crippen LogP contribution in [0.1, 0.15) is 11.1 Å². The first-order valence-electron chi connectivity index (χ1n) is 10.1. The van der Waals surface area contributed by atoms with Crippen molar-refractivity contribution < 1.29 is 27.4 Å². The standard InChI is InChI=1S/C22H24F3N3O3/c1-30-19-5-6-20-15(12-19)11-17(14-31-20)26-21(29)28-9-7-27(8-10-28)18-4-2-3-16(13-18)22(23,24)25/h2-6,12-13,17H,7-11,14H2,1H3,(H,26,29)/t17-/m0/s1. The topological polar surface area (TPSA) is 54.0 Å². The smallest absolute Gasteiger partial charge is 0.416 e. The number of alkyl halides is 3. The molecule has 0 radical (unpaired) electrons. The van der Waals surface area contributed by atoms with Crippen LogP contribution in [0.15, 0.2) is 42.5 Å². The monoisotopic (exact) mass is 435 g/mol. The highest BCUT2D eigenvalue weighted by atomic mass is 19.4. The molecule has 2 amide bonds. The van der Waals surface area contributed by atoms with Gasteiger partial charge in [0.25, 0.3) is 0 Å². The van der Waals surface area contributed by atoms with Gasteiger partial charge in [-0.25, -0.2) is 4.79 Å². The number of piperazine rings is 1. The van der Waals surface area contributed by atoms with E-state index in [1.807, 2.05) is 23.1 Å². The highest BCUT2D eigenvalue weighted by Crippen LogP contribution is 2.32. The summed E-state index contributed by atoms with van der Waals surface area (Å²) in [6.07, 6.45) is -3.73. The molecule has 0 unspecified atom stereocenters. The first kappa shape index (κ1) is 21.1. The number of methoxy groups -OCH3 is 1. The van der Waals surface area contributed by atoms with Gasteiger partial charge in [-0.3, -0.25) is 0 Å². The van der Waals surface area contributed by atoms with Gasteiger partial charge in [0.15, 0.2) is 0 Å². The van der Waals surface area contributed by atoms with Crippen molar-refractivity contribution in [2.45, 2.75) is 18.6 Å². The van der Waals surface area contributed by atoms with Gasteiger partial charge in [0, 0.05) is 31.9 Å². The fourth-order valence-electron chi connectivity index (χ4n) is 3.90. The average molecular weight is 435 g/mol. The van der Waals surface area contributed by atoms with Crippen molar-refractivity contribution in [1.29, 1.82) is 0 Å². The predicted molar refractivity (Wildman–Crippen MR) is 110 cm³/mol. The minimum absolute atomic E-state index is 0.159. The summed E-state index contributed by atoms with van der Waals surface area (Å²) in [6.45, 7) is 2.18. The molecule has 0 spiro atoms. The number of carbonyl (C=O) groups excluding carboxylic acids is 1. The maximum absolute atomic E-state index is 13.0. The number of nitrogens with zero attached hydrogens (tertiary/aromatic N) is 2. The van der Waals surface area contributed by atoms with Crippen LogP contribution in [0.3, 0.4) is 0 Å². The van der Waals surface area contributed by atoms with Crippen LogP contribution in [0.25, 0.3) is 0 Å². The van der Waals surface area contributed by atoms with Gasteiger partial charge >= 0.3 is 12.2 Å². The highest BCUT2D eigenvalue weighted by molar-refractivity contribution is 5.75. The van der Waals surface area contributed by atoms with Gasteiger partial charge in [-0.05, 0) is 48.4 Å². The molecule has 0 saturated carbocycles. The number of nitrogens with one attached hydrogen (secondary N) is 1. The third kappa shape index (κ3) is 4.81. The SMILES string of the molecule is COc1ccc2c(c1)C[C@H](NC(=O)N1CCN(c3cccc(C(F)(F)F)c3)CC1)CO2. The fourth-order valence-corrected chi connectivity index (χ4v) is 3.90. The van der Waals surface area contributed by atoms with Gasteiger partial charge in [0.2, 0.25) is 0 Å². The van der Waals surface area contributed by atoms with Crippen molar-refractivity contribution in [3.63, 3.8) is 0 Å². The highest BCUT2D eigenvalue weighted by Gasteiger charge is 2.31. The van der Waals surface area contributed by atoms with Gasteiger partial charge < -0.3 is 24.6 Å². The summed E-state index contributed by atoms with van der Waals surface area (Å²) in [5.41, 5.74) is 0.825. The van der Waals surface area contributed by atoms with Crippen molar-refractivity contribution in [1.82, 2.24) is 10.2 Å². The van der Waals surface area contributed by atoms with Crippen molar-refractivity contribution >= 4 is 11.7 Å². The van der Waals surface area contributed by atoms with E-state index in [0.717, 1.165) is 29.2 Å². The van der Waals surface area contributed by atoms with Crippen molar-refractivity contribution in [2.24, 2.45) is 0 Å². The molecule has 0 bridgehead atoms. The summed E-state index contributed by atoms with van der Waals surface area (Å²) in [4.78, 5) is 16.2. The number of benzene rings is 2. The van der Waals surface area contributed by atoms with E-state index < -0.39 is 11.7 Å². The third-order valence-electron chi connectivity index (χ3n) is 5.61. The first-order chi connectivity index (χ1) is 14.8. The van der Waals surface area contributed by atoms with Gasteiger partial charge in [0.05, 0.1) is 18.7 Å². The lowest BCUT2D eigenvalue weighted by molar-refractivity contribution is -0.137. The molecule has 0 aliphatic carbocycles. The molecule has 2 aromatic rings. The molecule has 4 rings (SSSR count). The van der Waals surface area contributed by atoms with E-state index in [1.54, 1.807) is 18.1 Å². The number of rotatable bonds is 3. The maximum atomic E-state index is 13.0. The van der Waals surface area contributed by atoms with E-state index in [1.165, 1.54) is 6.07 Å². The molecule has 1 fully saturated rings. The Bertz CT molecular complexity index is 943. The molecule has 31 heavy (non-hydrogen) atoms. The van der Waals surface area contributed by atoms with E-state index in [0.29, 0.717) is 44.9 Å². The lowest BCUT2D eigenvalue weighted by Gasteiger charge is -2.37. The maximum Gasteiger partial charge on any atom is 0.416 e. The van der Waals surface area contributed by atoms with Gasteiger partial charge in [0.1, 0.15) is 18.1 Å². The number of urea groups is 1. The Morgan fingerprint density at radius 2 is 1.90 bits per heavy atom. The van der Waals surface area contributed by atoms with E-state index in [2.05, 4.69) is 5.32 Å². The Morgan fingerprint density at radius 3 is 2.61 bits per heavy atom. The lowest BCUT2D eigenvalue weighted by Crippen LogP contribution is -2.55. The Hall–Kier alpha value is -3.10. The van der Waals surface area contributed by atoms with E-state index >= 15 is 0 Å². The van der Waals surface area contributed by atoms with Crippen LogP contribution in [-0.4, -0.2) is 56.9 Å². The molecule has 2 aliphatic heterocycles. The van der Waals surface area contributed by atoms with Crippen LogP contribution < -0.4 is 19.7 Å². The van der Waals surface area contributed by atoms with Crippen LogP contribution in [0.4, 0.5) is 23.7 Å². The normalized spacial score (nSPS) is 18.8. The van der Waals surface area contributed by atoms with E-state index in [4.69, 9.17) is 9.47 Å². The molecule has 2 heterocycles. The third-order valence-corrected chi connectivity index (χ3v) is 5.61. The fraction of sp³-hybridized carbons (Fsp3) is 0.409. The van der Waals surface area contributed by atoms with Gasteiger partial charge in [-0.2, -0.15) is 13.2 Å². The number of carbonyl (C=O) groups is 1. The number of fused-ring (bicyclic) bond motifs is 1. The van der Waals surface area contributed by atoms with Crippen LogP contribution in [-0.2, 0) is 12.6 Å². The van der Waals surface area contributed by atoms with Crippen molar-refractivity contribution in [2.75, 3.05) is 44.8 Å². The number of hydrogen-bond acceptors (Lipinski definition) is 4. The summed E-state index contributed by atoms with van der Waals surface area (Å²) in [5, 5.41) is 3.00. The minimum Gasteiger partial charge on any atom is -0.497 e. The molecule has 9 heteroatoms. The number of amides is 2.